The molecule has 3 heterocycles. The fourth-order valence-electron chi connectivity index (χ4n) is 12.2. The molecule has 3 aliphatic rings. The van der Waals surface area contributed by atoms with Crippen molar-refractivity contribution in [3.05, 3.63) is 221 Å². The maximum absolute atomic E-state index is 7.09. The Bertz CT molecular complexity index is 3530. The highest BCUT2D eigenvalue weighted by molar-refractivity contribution is 6.74. The van der Waals surface area contributed by atoms with Crippen LogP contribution in [-0.4, -0.2) is 7.28 Å². The maximum atomic E-state index is 7.09. The second-order valence-electron chi connectivity index (χ2n) is 19.9. The Kier molecular flexibility index (Phi) is 8.14. The van der Waals surface area contributed by atoms with Crippen LogP contribution in [0.1, 0.15) is 73.9 Å². The molecule has 0 bridgehead atoms. The molecule has 65 heavy (non-hydrogen) atoms. The molecule has 0 fully saturated rings. The fourth-order valence-corrected chi connectivity index (χ4v) is 12.2. The molecule has 1 aliphatic carbocycles. The summed E-state index contributed by atoms with van der Waals surface area (Å²) >= 11 is 0. The first-order chi connectivity index (χ1) is 31.7. The van der Waals surface area contributed by atoms with Gasteiger partial charge in [0.25, 0.3) is 0 Å². The van der Waals surface area contributed by atoms with E-state index in [4.69, 9.17) is 4.42 Å². The van der Waals surface area contributed by atoms with Gasteiger partial charge in [0.1, 0.15) is 11.2 Å². The van der Waals surface area contributed by atoms with Crippen molar-refractivity contribution in [2.45, 2.75) is 56.8 Å². The van der Waals surface area contributed by atoms with Gasteiger partial charge in [0.2, 0.25) is 0 Å². The fraction of sp³-hybridized carbons (Fsp3) is 0.148. The summed E-state index contributed by atoms with van der Waals surface area (Å²) in [6.45, 7) is 9.61. The summed E-state index contributed by atoms with van der Waals surface area (Å²) in [6.07, 6.45) is 2.35. The molecular formula is C61H49BN2O. The number of hydrogen-bond donors (Lipinski definition) is 1. The molecule has 4 heteroatoms. The van der Waals surface area contributed by atoms with Crippen LogP contribution in [0.25, 0.3) is 43.8 Å². The Morgan fingerprint density at radius 2 is 1.17 bits per heavy atom. The molecule has 0 saturated heterocycles. The second-order valence-corrected chi connectivity index (χ2v) is 19.9. The van der Waals surface area contributed by atoms with Crippen molar-refractivity contribution in [3.8, 4) is 11.1 Å². The van der Waals surface area contributed by atoms with Gasteiger partial charge in [0.15, 0.2) is 7.28 Å². The van der Waals surface area contributed by atoms with E-state index in [1.807, 2.05) is 0 Å². The van der Waals surface area contributed by atoms with E-state index in [1.165, 1.54) is 84.1 Å². The third-order valence-corrected chi connectivity index (χ3v) is 15.4. The molecule has 312 valence electrons. The average Bonchev–Trinajstić information content (AvgIpc) is 3.72. The summed E-state index contributed by atoms with van der Waals surface area (Å²) in [6, 6.07) is 70.0. The largest absolute Gasteiger partial charge is 0.455 e. The molecule has 0 spiro atoms. The van der Waals surface area contributed by atoms with E-state index in [9.17, 15) is 0 Å². The smallest absolute Gasteiger partial charge is 0.198 e. The van der Waals surface area contributed by atoms with Gasteiger partial charge < -0.3 is 14.6 Å². The van der Waals surface area contributed by atoms with Crippen LogP contribution in [0, 0.1) is 0 Å². The van der Waals surface area contributed by atoms with Crippen molar-refractivity contribution in [1.29, 1.82) is 0 Å². The molecule has 13 rings (SSSR count). The standard InChI is InChI=1S/C61H49BN2O/c1-59(2)34-35-60(3,4)48-37-41(30-32-45(48)59)63-50-33-31-44-43-24-13-16-29-53(43)65-58(44)55(50)54-42-23-12-11-18-38(42)36-52-56(54)62-49-27-17-26-47-57(49)64(52)51-28-15-14-25-46(51)61(47,39-19-7-5-8-20-39)40-21-9-6-10-22-40/h5-33,36-37,62-63H,34-35H2,1-4H3. The number of benzene rings is 9. The lowest BCUT2D eigenvalue weighted by Crippen LogP contribution is -2.47. The van der Waals surface area contributed by atoms with E-state index < -0.39 is 5.41 Å². The SMILES string of the molecule is CC1(C)CCC(C)(C)c2cc(Nc3ccc4c(oc5ccccc54)c3-c3c4c(cc5ccccc35)N3c5ccccc5C(c5ccccc5)(c5ccccc5)c5cccc(c53)B4)ccc21. The lowest BCUT2D eigenvalue weighted by molar-refractivity contribution is 0.332. The lowest BCUT2D eigenvalue weighted by Gasteiger charge is -2.49. The molecule has 9 aromatic carbocycles. The van der Waals surface area contributed by atoms with Crippen molar-refractivity contribution in [2.24, 2.45) is 0 Å². The molecule has 0 radical (unpaired) electrons. The molecule has 10 aromatic rings. The van der Waals surface area contributed by atoms with E-state index >= 15 is 0 Å². The van der Waals surface area contributed by atoms with Gasteiger partial charge in [0, 0.05) is 33.4 Å². The number of fused-ring (bicyclic) bond motifs is 9. The third kappa shape index (κ3) is 5.43. The minimum absolute atomic E-state index is 0.0817. The van der Waals surface area contributed by atoms with Gasteiger partial charge in [-0.3, -0.25) is 0 Å². The van der Waals surface area contributed by atoms with Crippen LogP contribution in [0.2, 0.25) is 0 Å². The van der Waals surface area contributed by atoms with Gasteiger partial charge in [-0.05, 0) is 121 Å². The van der Waals surface area contributed by atoms with Gasteiger partial charge in [-0.1, -0.05) is 179 Å². The summed E-state index contributed by atoms with van der Waals surface area (Å²) in [5, 5.41) is 8.70. The van der Waals surface area contributed by atoms with Crippen LogP contribution >= 0.6 is 0 Å². The maximum Gasteiger partial charge on any atom is 0.198 e. The highest BCUT2D eigenvalue weighted by atomic mass is 16.3. The van der Waals surface area contributed by atoms with Crippen LogP contribution in [0.4, 0.5) is 28.4 Å². The summed E-state index contributed by atoms with van der Waals surface area (Å²) in [5.74, 6) is 0. The molecule has 0 atom stereocenters. The number of hydrogen-bond acceptors (Lipinski definition) is 3. The number of para-hydroxylation sites is 3. The molecule has 0 amide bonds. The van der Waals surface area contributed by atoms with E-state index in [-0.39, 0.29) is 10.8 Å². The zero-order valence-corrected chi connectivity index (χ0v) is 37.4. The Morgan fingerprint density at radius 3 is 1.95 bits per heavy atom. The number of rotatable bonds is 5. The van der Waals surface area contributed by atoms with E-state index in [1.54, 1.807) is 0 Å². The van der Waals surface area contributed by atoms with E-state index in [0.717, 1.165) is 52.6 Å². The van der Waals surface area contributed by atoms with Crippen molar-refractivity contribution < 1.29 is 4.42 Å². The van der Waals surface area contributed by atoms with E-state index in [0.29, 0.717) is 0 Å². The summed E-state index contributed by atoms with van der Waals surface area (Å²) < 4.78 is 7.09. The Balaban J connectivity index is 1.10. The first kappa shape index (κ1) is 38.2. The quantitative estimate of drug-likeness (QED) is 0.175. The van der Waals surface area contributed by atoms with Crippen molar-refractivity contribution >= 4 is 79.4 Å². The summed E-state index contributed by atoms with van der Waals surface area (Å²) in [7, 11) is 0.759. The number of nitrogens with one attached hydrogen (secondary N) is 1. The Morgan fingerprint density at radius 1 is 0.508 bits per heavy atom. The van der Waals surface area contributed by atoms with Gasteiger partial charge in [-0.25, -0.2) is 0 Å². The van der Waals surface area contributed by atoms with Crippen LogP contribution in [0.15, 0.2) is 192 Å². The number of nitrogens with zero attached hydrogens (tertiary/aromatic N) is 1. The zero-order chi connectivity index (χ0) is 43.7. The molecule has 2 aliphatic heterocycles. The zero-order valence-electron chi connectivity index (χ0n) is 37.4. The van der Waals surface area contributed by atoms with Crippen LogP contribution in [-0.2, 0) is 16.2 Å². The first-order valence-electron chi connectivity index (χ1n) is 23.3. The minimum atomic E-state index is -0.534. The third-order valence-electron chi connectivity index (χ3n) is 15.4. The Hall–Kier alpha value is -7.30. The molecule has 0 saturated carbocycles. The molecule has 1 aromatic heterocycles. The molecule has 0 unspecified atom stereocenters. The number of furan rings is 1. The van der Waals surface area contributed by atoms with Gasteiger partial charge in [-0.2, -0.15) is 0 Å². The van der Waals surface area contributed by atoms with Crippen molar-refractivity contribution in [3.63, 3.8) is 0 Å². The van der Waals surface area contributed by atoms with Gasteiger partial charge >= 0.3 is 0 Å². The van der Waals surface area contributed by atoms with Gasteiger partial charge in [-0.15, -0.1) is 0 Å². The van der Waals surface area contributed by atoms with E-state index in [2.05, 4.69) is 226 Å². The minimum Gasteiger partial charge on any atom is -0.455 e. The van der Waals surface area contributed by atoms with Crippen molar-refractivity contribution in [2.75, 3.05) is 10.2 Å². The summed E-state index contributed by atoms with van der Waals surface area (Å²) in [5.41, 5.74) is 20.2. The first-order valence-corrected chi connectivity index (χ1v) is 23.3. The predicted molar refractivity (Wildman–Crippen MR) is 275 cm³/mol. The van der Waals surface area contributed by atoms with Crippen LogP contribution in [0.3, 0.4) is 0 Å². The lowest BCUT2D eigenvalue weighted by atomic mass is 9.54. The Labute approximate surface area is 381 Å². The highest BCUT2D eigenvalue weighted by Crippen LogP contribution is 2.58. The average molecular weight is 837 g/mol. The molecule has 1 N–H and O–H groups in total. The topological polar surface area (TPSA) is 28.4 Å². The normalized spacial score (nSPS) is 16.0. The van der Waals surface area contributed by atoms with Crippen molar-refractivity contribution in [1.82, 2.24) is 0 Å². The van der Waals surface area contributed by atoms with Crippen LogP contribution in [0.5, 0.6) is 0 Å². The highest BCUT2D eigenvalue weighted by Gasteiger charge is 2.48. The molecule has 3 nitrogen and oxygen atoms in total. The summed E-state index contributed by atoms with van der Waals surface area (Å²) in [4.78, 5) is 2.60. The van der Waals surface area contributed by atoms with Gasteiger partial charge in [0.05, 0.1) is 16.8 Å². The monoisotopic (exact) mass is 836 g/mol. The molecular weight excluding hydrogens is 787 g/mol. The van der Waals surface area contributed by atoms with Crippen LogP contribution < -0.4 is 21.1 Å². The second kappa shape index (κ2) is 13.9. The number of anilines is 5. The predicted octanol–water partition coefficient (Wildman–Crippen LogP) is 14.4.